The van der Waals surface area contributed by atoms with E-state index in [0.29, 0.717) is 5.69 Å². The molecule has 0 radical (unpaired) electrons. The first-order valence-corrected chi connectivity index (χ1v) is 10.5. The fraction of sp³-hybridized carbons (Fsp3) is 0.235. The minimum absolute atomic E-state index is 0.0714. The molecule has 1 N–H and O–H groups in total. The van der Waals surface area contributed by atoms with E-state index in [2.05, 4.69) is 21.2 Å². The molecule has 0 fully saturated rings. The Morgan fingerprint density at radius 2 is 1.96 bits per heavy atom. The summed E-state index contributed by atoms with van der Waals surface area (Å²) in [6.45, 7) is 1.29. The topological polar surface area (TPSA) is 119 Å². The standard InChI is InChI=1S/C17H18BrN3O6S/c1-11-8-12(4-6-14(11)18)20(28(3,25)26)10-17(22)19-15-9-13(21(23)24)5-7-16(15)27-2/h4-9H,10H2,1-3H3,(H,19,22). The highest BCUT2D eigenvalue weighted by Crippen LogP contribution is 2.29. The highest BCUT2D eigenvalue weighted by Gasteiger charge is 2.22. The molecule has 9 nitrogen and oxygen atoms in total. The van der Waals surface area contributed by atoms with Crippen molar-refractivity contribution in [1.29, 1.82) is 0 Å². The minimum atomic E-state index is -3.75. The van der Waals surface area contributed by atoms with Crippen LogP contribution in [0.2, 0.25) is 0 Å². The molecule has 1 amide bonds. The van der Waals surface area contributed by atoms with Gasteiger partial charge in [-0.2, -0.15) is 0 Å². The number of aryl methyl sites for hydroxylation is 1. The molecule has 2 aromatic rings. The van der Waals surface area contributed by atoms with E-state index in [1.165, 1.54) is 19.2 Å². The number of amides is 1. The second-order valence-corrected chi connectivity index (χ2v) is 8.65. The second kappa shape index (κ2) is 8.57. The van der Waals surface area contributed by atoms with Crippen LogP contribution < -0.4 is 14.4 Å². The van der Waals surface area contributed by atoms with Gasteiger partial charge in [-0.1, -0.05) is 15.9 Å². The molecular weight excluding hydrogens is 454 g/mol. The summed E-state index contributed by atoms with van der Waals surface area (Å²) in [7, 11) is -2.40. The Balaban J connectivity index is 2.31. The molecule has 0 saturated heterocycles. The number of carbonyl (C=O) groups excluding carboxylic acids is 1. The van der Waals surface area contributed by atoms with E-state index in [4.69, 9.17) is 4.74 Å². The largest absolute Gasteiger partial charge is 0.495 e. The van der Waals surface area contributed by atoms with Crippen LogP contribution in [0.1, 0.15) is 5.56 Å². The first-order valence-electron chi connectivity index (χ1n) is 7.89. The van der Waals surface area contributed by atoms with Crippen molar-refractivity contribution in [2.45, 2.75) is 6.92 Å². The van der Waals surface area contributed by atoms with Gasteiger partial charge in [-0.25, -0.2) is 8.42 Å². The summed E-state index contributed by atoms with van der Waals surface area (Å²) >= 11 is 3.34. The quantitative estimate of drug-likeness (QED) is 0.489. The maximum absolute atomic E-state index is 12.5. The second-order valence-electron chi connectivity index (χ2n) is 5.89. The molecule has 11 heteroatoms. The van der Waals surface area contributed by atoms with E-state index in [1.54, 1.807) is 25.1 Å². The van der Waals surface area contributed by atoms with Crippen molar-refractivity contribution >= 4 is 48.9 Å². The first-order chi connectivity index (χ1) is 13.0. The number of ether oxygens (including phenoxy) is 1. The van der Waals surface area contributed by atoms with Crippen molar-refractivity contribution in [2.24, 2.45) is 0 Å². The number of benzene rings is 2. The van der Waals surface area contributed by atoms with Gasteiger partial charge in [-0.05, 0) is 36.8 Å². The number of sulfonamides is 1. The monoisotopic (exact) mass is 471 g/mol. The summed E-state index contributed by atoms with van der Waals surface area (Å²) in [5, 5.41) is 13.4. The molecule has 0 aliphatic carbocycles. The van der Waals surface area contributed by atoms with E-state index in [-0.39, 0.29) is 17.1 Å². The van der Waals surface area contributed by atoms with Gasteiger partial charge in [0, 0.05) is 16.6 Å². The first kappa shape index (κ1) is 21.6. The molecule has 28 heavy (non-hydrogen) atoms. The Hall–Kier alpha value is -2.66. The Labute approximate surface area is 170 Å². The molecule has 0 spiro atoms. The average Bonchev–Trinajstić information content (AvgIpc) is 2.61. The smallest absolute Gasteiger partial charge is 0.271 e. The minimum Gasteiger partial charge on any atom is -0.495 e. The molecule has 0 saturated carbocycles. The van der Waals surface area contributed by atoms with Crippen molar-refractivity contribution in [3.05, 3.63) is 56.5 Å². The van der Waals surface area contributed by atoms with Crippen molar-refractivity contribution in [3.63, 3.8) is 0 Å². The van der Waals surface area contributed by atoms with Crippen molar-refractivity contribution in [2.75, 3.05) is 29.5 Å². The third kappa shape index (κ3) is 5.20. The number of hydrogen-bond donors (Lipinski definition) is 1. The number of anilines is 2. The van der Waals surface area contributed by atoms with Gasteiger partial charge in [-0.15, -0.1) is 0 Å². The molecule has 0 bridgehead atoms. The molecule has 150 valence electrons. The summed E-state index contributed by atoms with van der Waals surface area (Å²) < 4.78 is 31.2. The summed E-state index contributed by atoms with van der Waals surface area (Å²) in [5.41, 5.74) is 0.956. The lowest BCUT2D eigenvalue weighted by Crippen LogP contribution is -2.37. The predicted octanol–water partition coefficient (Wildman–Crippen LogP) is 3.08. The van der Waals surface area contributed by atoms with Gasteiger partial charge in [0.05, 0.1) is 29.7 Å². The van der Waals surface area contributed by atoms with Crippen LogP contribution in [0.3, 0.4) is 0 Å². The van der Waals surface area contributed by atoms with Crippen LogP contribution in [0.5, 0.6) is 5.75 Å². The van der Waals surface area contributed by atoms with Crippen LogP contribution in [0.25, 0.3) is 0 Å². The zero-order valence-corrected chi connectivity index (χ0v) is 17.7. The van der Waals surface area contributed by atoms with E-state index in [1.807, 2.05) is 0 Å². The average molecular weight is 472 g/mol. The van der Waals surface area contributed by atoms with Crippen LogP contribution in [0.4, 0.5) is 17.1 Å². The van der Waals surface area contributed by atoms with E-state index < -0.39 is 27.4 Å². The van der Waals surface area contributed by atoms with Gasteiger partial charge < -0.3 is 10.1 Å². The summed E-state index contributed by atoms with van der Waals surface area (Å²) in [4.78, 5) is 22.8. The van der Waals surface area contributed by atoms with Gasteiger partial charge in [0.2, 0.25) is 15.9 Å². The lowest BCUT2D eigenvalue weighted by molar-refractivity contribution is -0.384. The van der Waals surface area contributed by atoms with E-state index >= 15 is 0 Å². The fourth-order valence-electron chi connectivity index (χ4n) is 2.41. The molecule has 0 aliphatic rings. The zero-order valence-electron chi connectivity index (χ0n) is 15.3. The molecule has 0 heterocycles. The highest BCUT2D eigenvalue weighted by atomic mass is 79.9. The molecule has 2 rings (SSSR count). The number of hydrogen-bond acceptors (Lipinski definition) is 6. The maximum Gasteiger partial charge on any atom is 0.271 e. The third-order valence-corrected chi connectivity index (χ3v) is 5.82. The zero-order chi connectivity index (χ0) is 21.1. The molecule has 0 unspecified atom stereocenters. The number of nitro benzene ring substituents is 1. The van der Waals surface area contributed by atoms with Gasteiger partial charge in [0.1, 0.15) is 12.3 Å². The van der Waals surface area contributed by atoms with Crippen LogP contribution in [0, 0.1) is 17.0 Å². The number of non-ortho nitro benzene ring substituents is 1. The normalized spacial score (nSPS) is 11.0. The maximum atomic E-state index is 12.5. The van der Waals surface area contributed by atoms with Crippen molar-refractivity contribution in [1.82, 2.24) is 0 Å². The lowest BCUT2D eigenvalue weighted by atomic mass is 10.2. The van der Waals surface area contributed by atoms with Crippen molar-refractivity contribution in [3.8, 4) is 5.75 Å². The van der Waals surface area contributed by atoms with Crippen LogP contribution in [0.15, 0.2) is 40.9 Å². The van der Waals surface area contributed by atoms with Gasteiger partial charge >= 0.3 is 0 Å². The Morgan fingerprint density at radius 3 is 2.50 bits per heavy atom. The number of halogens is 1. The van der Waals surface area contributed by atoms with E-state index in [0.717, 1.165) is 26.7 Å². The highest BCUT2D eigenvalue weighted by molar-refractivity contribution is 9.10. The summed E-state index contributed by atoms with van der Waals surface area (Å²) in [6, 6.07) is 8.61. The molecule has 0 aromatic heterocycles. The Bertz CT molecular complexity index is 1030. The Kier molecular flexibility index (Phi) is 6.62. The summed E-state index contributed by atoms with van der Waals surface area (Å²) in [6.07, 6.45) is 0.992. The SMILES string of the molecule is COc1ccc([N+](=O)[O-])cc1NC(=O)CN(c1ccc(Br)c(C)c1)S(C)(=O)=O. The van der Waals surface area contributed by atoms with Crippen LogP contribution >= 0.6 is 15.9 Å². The van der Waals surface area contributed by atoms with Gasteiger partial charge in [0.25, 0.3) is 5.69 Å². The van der Waals surface area contributed by atoms with Crippen LogP contribution in [-0.4, -0.2) is 39.2 Å². The van der Waals surface area contributed by atoms with E-state index in [9.17, 15) is 23.3 Å². The predicted molar refractivity (Wildman–Crippen MR) is 109 cm³/mol. The Morgan fingerprint density at radius 1 is 1.29 bits per heavy atom. The summed E-state index contributed by atoms with van der Waals surface area (Å²) in [5.74, 6) is -0.464. The number of rotatable bonds is 7. The molecule has 2 aromatic carbocycles. The molecular formula is C17H18BrN3O6S. The van der Waals surface area contributed by atoms with Crippen LogP contribution in [-0.2, 0) is 14.8 Å². The number of nitrogens with one attached hydrogen (secondary N) is 1. The third-order valence-electron chi connectivity index (χ3n) is 3.79. The lowest BCUT2D eigenvalue weighted by Gasteiger charge is -2.22. The number of methoxy groups -OCH3 is 1. The van der Waals surface area contributed by atoms with Gasteiger partial charge in [-0.3, -0.25) is 19.2 Å². The van der Waals surface area contributed by atoms with Crippen molar-refractivity contribution < 1.29 is 22.9 Å². The number of nitrogens with zero attached hydrogens (tertiary/aromatic N) is 2. The number of nitro groups is 1. The molecule has 0 aliphatic heterocycles. The number of carbonyl (C=O) groups is 1. The fourth-order valence-corrected chi connectivity index (χ4v) is 3.51. The van der Waals surface area contributed by atoms with Gasteiger partial charge in [0.15, 0.2) is 0 Å². The molecule has 0 atom stereocenters.